The number of aromatic nitrogens is 4. The van der Waals surface area contributed by atoms with E-state index in [0.29, 0.717) is 23.5 Å². The molecule has 2 aliphatic rings. The first-order valence-corrected chi connectivity index (χ1v) is 15.5. The van der Waals surface area contributed by atoms with E-state index in [-0.39, 0.29) is 17.3 Å². The highest BCUT2D eigenvalue weighted by Gasteiger charge is 2.56. The largest absolute Gasteiger partial charge is 0.462 e. The zero-order chi connectivity index (χ0) is 30.9. The summed E-state index contributed by atoms with van der Waals surface area (Å²) in [7, 11) is -4.30. The number of rotatable bonds is 12. The molecule has 2 aromatic heterocycles. The van der Waals surface area contributed by atoms with Crippen molar-refractivity contribution in [2.75, 3.05) is 12.3 Å². The first kappa shape index (κ1) is 30.9. The number of ether oxygens (including phenoxy) is 2. The molecule has 0 radical (unpaired) electrons. The van der Waals surface area contributed by atoms with Gasteiger partial charge in [-0.2, -0.15) is 10.1 Å². The quantitative estimate of drug-likeness (QED) is 0.132. The molecule has 0 amide bonds. The number of hydrogen-bond acceptors (Lipinski definition) is 12. The molecule has 5 N–H and O–H groups in total. The highest BCUT2D eigenvalue weighted by Crippen LogP contribution is 2.47. The number of esters is 1. The summed E-state index contributed by atoms with van der Waals surface area (Å²) in [6.07, 6.45) is 5.18. The van der Waals surface area contributed by atoms with Crippen molar-refractivity contribution < 1.29 is 38.1 Å². The maximum atomic E-state index is 13.9. The lowest BCUT2D eigenvalue weighted by Crippen LogP contribution is -2.46. The Bertz CT molecular complexity index is 1560. The van der Waals surface area contributed by atoms with Gasteiger partial charge in [-0.1, -0.05) is 24.1 Å². The number of carbonyl (C=O) groups is 1. The summed E-state index contributed by atoms with van der Waals surface area (Å²) in [5, 5.41) is 25.1. The molecule has 3 aromatic rings. The average molecular weight is 615 g/mol. The fourth-order valence-corrected chi connectivity index (χ4v) is 6.25. The molecule has 0 spiro atoms. The Balaban J connectivity index is 1.39. The third kappa shape index (κ3) is 6.67. The number of anilines is 1. The first-order valence-electron chi connectivity index (χ1n) is 13.9. The van der Waals surface area contributed by atoms with Gasteiger partial charge in [-0.05, 0) is 58.1 Å². The fourth-order valence-electron chi connectivity index (χ4n) is 4.75. The highest BCUT2D eigenvalue weighted by molar-refractivity contribution is 7.52. The Kier molecular flexibility index (Phi) is 8.76. The van der Waals surface area contributed by atoms with Crippen molar-refractivity contribution in [3.8, 4) is 18.1 Å². The van der Waals surface area contributed by atoms with Gasteiger partial charge in [-0.3, -0.25) is 13.9 Å². The topological polar surface area (TPSA) is 193 Å². The van der Waals surface area contributed by atoms with Crippen molar-refractivity contribution >= 4 is 30.8 Å². The zero-order valence-corrected chi connectivity index (χ0v) is 24.9. The van der Waals surface area contributed by atoms with Crippen molar-refractivity contribution in [1.82, 2.24) is 24.6 Å². The van der Waals surface area contributed by atoms with Gasteiger partial charge in [0.05, 0.1) is 24.7 Å². The summed E-state index contributed by atoms with van der Waals surface area (Å²) in [6.45, 7) is 4.25. The number of aliphatic hydroxyl groups excluding tert-OH is 1. The number of benzene rings is 1. The van der Waals surface area contributed by atoms with E-state index in [1.54, 1.807) is 44.2 Å². The maximum Gasteiger partial charge on any atom is 0.459 e. The fraction of sp³-hybridized carbons (Fsp3) is 0.500. The molecule has 1 aromatic carbocycles. The van der Waals surface area contributed by atoms with E-state index >= 15 is 0 Å². The number of terminal acetylenes is 1. The molecular weight excluding hydrogens is 579 g/mol. The predicted octanol–water partition coefficient (Wildman–Crippen LogP) is 2.12. The van der Waals surface area contributed by atoms with E-state index < -0.39 is 56.5 Å². The second-order valence-electron chi connectivity index (χ2n) is 11.0. The molecule has 1 saturated carbocycles. The Labute approximate surface area is 248 Å². The van der Waals surface area contributed by atoms with Crippen LogP contribution < -0.4 is 15.3 Å². The van der Waals surface area contributed by atoms with E-state index in [0.717, 1.165) is 12.8 Å². The molecule has 1 aliphatic heterocycles. The van der Waals surface area contributed by atoms with Crippen molar-refractivity contribution in [2.24, 2.45) is 5.92 Å². The number of nitrogens with two attached hydrogens (primary N) is 1. The Morgan fingerprint density at radius 3 is 2.67 bits per heavy atom. The van der Waals surface area contributed by atoms with Gasteiger partial charge in [-0.15, -0.1) is 6.42 Å². The van der Waals surface area contributed by atoms with Crippen molar-refractivity contribution in [3.63, 3.8) is 0 Å². The van der Waals surface area contributed by atoms with Crippen molar-refractivity contribution in [1.29, 1.82) is 0 Å². The molecular formula is C28H35N6O8P. The molecule has 15 heteroatoms. The number of para-hydroxylation sites is 1. The van der Waals surface area contributed by atoms with E-state index in [1.807, 2.05) is 0 Å². The number of imidazole rings is 1. The maximum absolute atomic E-state index is 13.9. The summed E-state index contributed by atoms with van der Waals surface area (Å²) >= 11 is 0. The zero-order valence-electron chi connectivity index (χ0n) is 24.0. The lowest BCUT2D eigenvalue weighted by atomic mass is 9.95. The molecule has 1 unspecified atom stereocenters. The smallest absolute Gasteiger partial charge is 0.459 e. The number of fused-ring (bicyclic) bond motifs is 1. The Morgan fingerprint density at radius 2 is 2.02 bits per heavy atom. The van der Waals surface area contributed by atoms with Gasteiger partial charge in [0.15, 0.2) is 17.5 Å². The van der Waals surface area contributed by atoms with Crippen LogP contribution in [0.1, 0.15) is 45.5 Å². The summed E-state index contributed by atoms with van der Waals surface area (Å²) < 4.78 is 37.8. The molecule has 1 saturated heterocycles. The number of nitrogens with zero attached hydrogens (tertiary/aromatic N) is 4. The van der Waals surface area contributed by atoms with Crippen LogP contribution >= 0.6 is 7.75 Å². The molecule has 6 atom stereocenters. The molecule has 1 aliphatic carbocycles. The van der Waals surface area contributed by atoms with Gasteiger partial charge in [-0.25, -0.2) is 14.5 Å². The normalized spacial score (nSPS) is 25.7. The molecule has 14 nitrogen and oxygen atoms in total. The average Bonchev–Trinajstić information content (AvgIpc) is 3.62. The molecule has 0 bridgehead atoms. The number of aliphatic hydroxyl groups is 2. The number of nitrogens with one attached hydrogen (secondary N) is 1. The van der Waals surface area contributed by atoms with Crippen LogP contribution in [0.5, 0.6) is 5.75 Å². The van der Waals surface area contributed by atoms with E-state index in [1.165, 1.54) is 17.8 Å². The molecule has 5 rings (SSSR count). The predicted molar refractivity (Wildman–Crippen MR) is 154 cm³/mol. The monoisotopic (exact) mass is 614 g/mol. The van der Waals surface area contributed by atoms with Crippen LogP contribution in [0.2, 0.25) is 0 Å². The van der Waals surface area contributed by atoms with Crippen LogP contribution in [0.25, 0.3) is 11.2 Å². The second kappa shape index (κ2) is 12.2. The van der Waals surface area contributed by atoms with Gasteiger partial charge in [0, 0.05) is 0 Å². The number of nitrogen functional groups attached to an aromatic ring is 1. The summed E-state index contributed by atoms with van der Waals surface area (Å²) in [5.41, 5.74) is 5.14. The lowest BCUT2D eigenvalue weighted by Gasteiger charge is -2.26. The summed E-state index contributed by atoms with van der Waals surface area (Å²) in [6, 6.07) is 7.09. The second-order valence-corrected chi connectivity index (χ2v) is 12.7. The van der Waals surface area contributed by atoms with Gasteiger partial charge < -0.3 is 29.9 Å². The molecule has 43 heavy (non-hydrogen) atoms. The van der Waals surface area contributed by atoms with Crippen LogP contribution in [0.15, 0.2) is 36.7 Å². The van der Waals surface area contributed by atoms with Crippen LogP contribution in [0.4, 0.5) is 5.95 Å². The summed E-state index contributed by atoms with van der Waals surface area (Å²) in [5.74, 6) is 2.25. The minimum Gasteiger partial charge on any atom is -0.462 e. The molecule has 230 valence electrons. The van der Waals surface area contributed by atoms with Gasteiger partial charge in [0.25, 0.3) is 0 Å². The SMILES string of the molecule is C#C[C@@]1(O)[C@H](O)[C@@H](COP(=O)(N[C@@H](C)C(=O)OC(C)C)Oc2ccccc2)O[C@H]1n1cnc2c(CC3CC3)nc(N)nc21. The first-order chi connectivity index (χ1) is 20.4. The number of carbonyl (C=O) groups excluding carboxylic acids is 1. The van der Waals surface area contributed by atoms with Crippen LogP contribution in [0.3, 0.4) is 0 Å². The van der Waals surface area contributed by atoms with E-state index in [9.17, 15) is 19.6 Å². The Morgan fingerprint density at radius 1 is 1.30 bits per heavy atom. The minimum atomic E-state index is -4.30. The van der Waals surface area contributed by atoms with Gasteiger partial charge in [0.1, 0.15) is 29.5 Å². The Hall–Kier alpha value is -3.57. The van der Waals surface area contributed by atoms with E-state index in [2.05, 4.69) is 26.0 Å². The lowest BCUT2D eigenvalue weighted by molar-refractivity contribution is -0.149. The molecule has 3 heterocycles. The highest BCUT2D eigenvalue weighted by atomic mass is 31.2. The summed E-state index contributed by atoms with van der Waals surface area (Å²) in [4.78, 5) is 25.5. The minimum absolute atomic E-state index is 0.0164. The van der Waals surface area contributed by atoms with Gasteiger partial charge >= 0.3 is 13.7 Å². The van der Waals surface area contributed by atoms with Crippen LogP contribution in [-0.4, -0.2) is 72.3 Å². The van der Waals surface area contributed by atoms with Gasteiger partial charge in [0.2, 0.25) is 5.95 Å². The third-order valence-electron chi connectivity index (χ3n) is 7.09. The van der Waals surface area contributed by atoms with Crippen LogP contribution in [-0.2, 0) is 29.8 Å². The number of hydrogen-bond donors (Lipinski definition) is 4. The van der Waals surface area contributed by atoms with Crippen LogP contribution in [0, 0.1) is 18.3 Å². The molecule has 2 fully saturated rings. The van der Waals surface area contributed by atoms with E-state index in [4.69, 9.17) is 30.7 Å². The van der Waals surface area contributed by atoms with Crippen molar-refractivity contribution in [2.45, 2.75) is 76.2 Å². The standard InChI is InChI=1S/C28H35N6O8P/c1-5-28(37)23(35)21(41-26(28)34-15-30-22-20(13-18-11-12-18)31-27(29)32-24(22)34)14-39-43(38,42-19-9-7-6-8-10-19)33-17(4)25(36)40-16(2)3/h1,6-10,15-18,21,23,26,35,37H,11-14H2,2-4H3,(H,33,38)(H2,29,31,32)/t17-,21+,23+,26+,28+,43?/m0/s1. The third-order valence-corrected chi connectivity index (χ3v) is 8.74. The van der Waals surface area contributed by atoms with Crippen molar-refractivity contribution in [3.05, 3.63) is 42.4 Å².